The number of aromatic nitrogens is 1. The largest absolute Gasteiger partial charge is 0.496 e. The highest BCUT2D eigenvalue weighted by molar-refractivity contribution is 7.92. The number of ether oxygens (including phenoxy) is 1. The van der Waals surface area contributed by atoms with Gasteiger partial charge in [-0.15, -0.1) is 6.42 Å². The minimum atomic E-state index is -3.56. The molecule has 5 rings (SSSR count). The molecule has 200 valence electrons. The van der Waals surface area contributed by atoms with E-state index in [-0.39, 0.29) is 17.6 Å². The normalized spacial score (nSPS) is 16.9. The van der Waals surface area contributed by atoms with E-state index in [1.165, 1.54) is 6.42 Å². The lowest BCUT2D eigenvalue weighted by molar-refractivity contribution is -0.125. The minimum Gasteiger partial charge on any atom is -0.496 e. The zero-order valence-electron chi connectivity index (χ0n) is 21.7. The van der Waals surface area contributed by atoms with Crippen LogP contribution < -0.4 is 14.4 Å². The van der Waals surface area contributed by atoms with Crippen molar-refractivity contribution in [1.82, 2.24) is 10.1 Å². The molecular weight excluding hydrogens is 504 g/mol. The number of carbonyl (C=O) groups excluding carboxylic acids is 1. The number of benzene rings is 2. The van der Waals surface area contributed by atoms with Crippen LogP contribution in [0.15, 0.2) is 34.9 Å². The molecule has 1 saturated heterocycles. The summed E-state index contributed by atoms with van der Waals surface area (Å²) in [6.45, 7) is 2.54. The lowest BCUT2D eigenvalue weighted by Crippen LogP contribution is -2.48. The summed E-state index contributed by atoms with van der Waals surface area (Å²) < 4.78 is 38.1. The van der Waals surface area contributed by atoms with Gasteiger partial charge in [-0.3, -0.25) is 9.52 Å². The van der Waals surface area contributed by atoms with Crippen LogP contribution in [0.2, 0.25) is 0 Å². The van der Waals surface area contributed by atoms with E-state index >= 15 is 0 Å². The van der Waals surface area contributed by atoms with Crippen molar-refractivity contribution in [3.8, 4) is 29.2 Å². The van der Waals surface area contributed by atoms with E-state index in [1.807, 2.05) is 12.1 Å². The first-order valence-electron chi connectivity index (χ1n) is 12.9. The molecule has 1 aliphatic carbocycles. The SMILES string of the molecule is C#CC(=O)N1CCN(c2cccc(-c3cc4onc(NS(C)(=O)=O)c4c(OC)c3C3CCCCC3)c2)CC1. The summed E-state index contributed by atoms with van der Waals surface area (Å²) in [6, 6.07) is 10.3. The molecular formula is C28H32N4O5S. The van der Waals surface area contributed by atoms with Gasteiger partial charge in [0.2, 0.25) is 10.0 Å². The van der Waals surface area contributed by atoms with Crippen molar-refractivity contribution in [2.75, 3.05) is 49.2 Å². The third-order valence-corrected chi connectivity index (χ3v) is 8.03. The highest BCUT2D eigenvalue weighted by Crippen LogP contribution is 2.48. The van der Waals surface area contributed by atoms with Crippen molar-refractivity contribution in [3.05, 3.63) is 35.9 Å². The first-order valence-corrected chi connectivity index (χ1v) is 14.8. The second-order valence-corrected chi connectivity index (χ2v) is 11.7. The average molecular weight is 537 g/mol. The minimum absolute atomic E-state index is 0.135. The van der Waals surface area contributed by atoms with Crippen molar-refractivity contribution in [2.45, 2.75) is 38.0 Å². The number of methoxy groups -OCH3 is 1. The molecule has 0 radical (unpaired) electrons. The van der Waals surface area contributed by atoms with Crippen molar-refractivity contribution >= 4 is 38.4 Å². The Balaban J connectivity index is 1.59. The average Bonchev–Trinajstić information content (AvgIpc) is 3.33. The maximum Gasteiger partial charge on any atom is 0.298 e. The summed E-state index contributed by atoms with van der Waals surface area (Å²) in [5.41, 5.74) is 4.57. The van der Waals surface area contributed by atoms with Crippen molar-refractivity contribution in [1.29, 1.82) is 0 Å². The molecule has 2 aromatic carbocycles. The molecule has 0 bridgehead atoms. The fourth-order valence-electron chi connectivity index (χ4n) is 5.71. The van der Waals surface area contributed by atoms with Crippen LogP contribution in [0.1, 0.15) is 43.6 Å². The first kappa shape index (κ1) is 25.9. The van der Waals surface area contributed by atoms with E-state index in [4.69, 9.17) is 15.7 Å². The van der Waals surface area contributed by atoms with Crippen LogP contribution in [0.3, 0.4) is 0 Å². The fourth-order valence-corrected chi connectivity index (χ4v) is 6.20. The van der Waals surface area contributed by atoms with Crippen LogP contribution in [0, 0.1) is 12.3 Å². The zero-order chi connectivity index (χ0) is 26.9. The first-order chi connectivity index (χ1) is 18.3. The van der Waals surface area contributed by atoms with E-state index in [1.54, 1.807) is 12.0 Å². The van der Waals surface area contributed by atoms with Crippen LogP contribution >= 0.6 is 0 Å². The van der Waals surface area contributed by atoms with Crippen molar-refractivity contribution in [3.63, 3.8) is 0 Å². The molecule has 0 unspecified atom stereocenters. The van der Waals surface area contributed by atoms with E-state index in [2.05, 4.69) is 38.9 Å². The molecule has 10 heteroatoms. The number of nitrogens with zero attached hydrogens (tertiary/aromatic N) is 3. The molecule has 0 atom stereocenters. The summed E-state index contributed by atoms with van der Waals surface area (Å²) in [4.78, 5) is 15.8. The number of terminal acetylenes is 1. The number of carbonyl (C=O) groups is 1. The Morgan fingerprint density at radius 1 is 1.16 bits per heavy atom. The van der Waals surface area contributed by atoms with Gasteiger partial charge >= 0.3 is 0 Å². The van der Waals surface area contributed by atoms with Crippen LogP contribution in [-0.4, -0.2) is 63.9 Å². The number of nitrogens with one attached hydrogen (secondary N) is 1. The van der Waals surface area contributed by atoms with Crippen LogP contribution in [0.4, 0.5) is 11.5 Å². The molecule has 1 aliphatic heterocycles. The van der Waals surface area contributed by atoms with Gasteiger partial charge in [-0.1, -0.05) is 36.6 Å². The Bertz CT molecular complexity index is 1490. The van der Waals surface area contributed by atoms with Gasteiger partial charge in [0, 0.05) is 37.4 Å². The highest BCUT2D eigenvalue weighted by atomic mass is 32.2. The monoisotopic (exact) mass is 536 g/mol. The quantitative estimate of drug-likeness (QED) is 0.471. The molecule has 2 fully saturated rings. The third kappa shape index (κ3) is 5.16. The maximum atomic E-state index is 12.0. The van der Waals surface area contributed by atoms with Gasteiger partial charge < -0.3 is 19.1 Å². The third-order valence-electron chi connectivity index (χ3n) is 7.47. The molecule has 1 N–H and O–H groups in total. The molecule has 9 nitrogen and oxygen atoms in total. The highest BCUT2D eigenvalue weighted by Gasteiger charge is 2.29. The summed E-state index contributed by atoms with van der Waals surface area (Å²) in [5, 5.41) is 4.56. The van der Waals surface area contributed by atoms with Crippen LogP contribution in [0.5, 0.6) is 5.75 Å². The molecule has 3 aromatic rings. The predicted molar refractivity (Wildman–Crippen MR) is 148 cm³/mol. The number of fused-ring (bicyclic) bond motifs is 1. The standard InChI is InChI=1S/C28H32N4O5S/c1-4-24(33)32-15-13-31(14-16-32)21-12-8-11-20(17-21)22-18-23-26(28(29-37-23)30-38(3,34)35)27(36-2)25(22)19-9-6-5-7-10-19/h1,8,11-12,17-19H,5-7,9-10,13-16H2,2-3H3,(H,29,30). The van der Waals surface area contributed by atoms with Crippen LogP contribution in [-0.2, 0) is 14.8 Å². The number of hydrogen-bond donors (Lipinski definition) is 1. The van der Waals surface area contributed by atoms with Crippen molar-refractivity contribution < 1.29 is 22.5 Å². The number of hydrogen-bond acceptors (Lipinski definition) is 7. The van der Waals surface area contributed by atoms with Gasteiger partial charge in [-0.05, 0) is 54.0 Å². The van der Waals surface area contributed by atoms with Crippen molar-refractivity contribution in [2.24, 2.45) is 0 Å². The lowest BCUT2D eigenvalue weighted by atomic mass is 9.79. The Morgan fingerprint density at radius 2 is 1.89 bits per heavy atom. The van der Waals surface area contributed by atoms with Crippen LogP contribution in [0.25, 0.3) is 22.1 Å². The number of piperazine rings is 1. The molecule has 2 aliphatic rings. The molecule has 38 heavy (non-hydrogen) atoms. The second-order valence-electron chi connectivity index (χ2n) is 9.96. The second kappa shape index (κ2) is 10.6. The Morgan fingerprint density at radius 3 is 2.55 bits per heavy atom. The Kier molecular flexibility index (Phi) is 7.21. The van der Waals surface area contributed by atoms with Gasteiger partial charge in [0.1, 0.15) is 11.1 Å². The summed E-state index contributed by atoms with van der Waals surface area (Å²) in [5.74, 6) is 2.93. The molecule has 0 spiro atoms. The summed E-state index contributed by atoms with van der Waals surface area (Å²) in [6.07, 6.45) is 11.9. The van der Waals surface area contributed by atoms with E-state index in [0.29, 0.717) is 42.9 Å². The Hall–Kier alpha value is -3.71. The predicted octanol–water partition coefficient (Wildman–Crippen LogP) is 4.20. The fraction of sp³-hybridized carbons (Fsp3) is 0.429. The van der Waals surface area contributed by atoms with Gasteiger partial charge in [-0.25, -0.2) is 8.42 Å². The van der Waals surface area contributed by atoms with Gasteiger partial charge in [0.05, 0.1) is 13.4 Å². The molecule has 2 heterocycles. The van der Waals surface area contributed by atoms with Gasteiger partial charge in [-0.2, -0.15) is 0 Å². The summed E-state index contributed by atoms with van der Waals surface area (Å²) >= 11 is 0. The lowest BCUT2D eigenvalue weighted by Gasteiger charge is -2.35. The molecule has 1 saturated carbocycles. The molecule has 1 aromatic heterocycles. The Labute approximate surface area is 223 Å². The topological polar surface area (TPSA) is 105 Å². The summed E-state index contributed by atoms with van der Waals surface area (Å²) in [7, 11) is -1.96. The van der Waals surface area contributed by atoms with E-state index in [9.17, 15) is 13.2 Å². The number of rotatable bonds is 6. The zero-order valence-corrected chi connectivity index (χ0v) is 22.5. The number of anilines is 2. The smallest absolute Gasteiger partial charge is 0.298 e. The van der Waals surface area contributed by atoms with E-state index in [0.717, 1.165) is 54.3 Å². The van der Waals surface area contributed by atoms with Gasteiger partial charge in [0.25, 0.3) is 5.91 Å². The van der Waals surface area contributed by atoms with Gasteiger partial charge in [0.15, 0.2) is 11.4 Å². The van der Waals surface area contributed by atoms with E-state index < -0.39 is 10.0 Å². The maximum absolute atomic E-state index is 12.0. The number of amides is 1. The number of sulfonamides is 1. The molecule has 1 amide bonds.